The maximum Gasteiger partial charge on any atom is 0.350 e. The highest BCUT2D eigenvalue weighted by molar-refractivity contribution is 6.15. The molecule has 0 aromatic heterocycles. The molecule has 0 saturated carbocycles. The van der Waals surface area contributed by atoms with Gasteiger partial charge in [-0.05, 0) is 5.92 Å². The molecule has 6 nitrogen and oxygen atoms in total. The third-order valence-electron chi connectivity index (χ3n) is 2.09. The number of ether oxygens (including phenoxy) is 2. The Kier molecular flexibility index (Phi) is 4.11. The molecule has 1 aliphatic heterocycles. The fourth-order valence-electron chi connectivity index (χ4n) is 1.36. The van der Waals surface area contributed by atoms with E-state index in [1.807, 2.05) is 13.8 Å². The first-order valence-electron chi connectivity index (χ1n) is 5.67. The first-order valence-corrected chi connectivity index (χ1v) is 5.67. The molecule has 0 aromatic carbocycles. The lowest BCUT2D eigenvalue weighted by molar-refractivity contribution is -0.222. The molecule has 0 radical (unpaired) electrons. The van der Waals surface area contributed by atoms with Crippen LogP contribution in [0.25, 0.3) is 0 Å². The predicted molar refractivity (Wildman–Crippen MR) is 61.9 cm³/mol. The SMILES string of the molecule is CC(C)CC(=O)NC=C1C(=O)OC(C)(C)OC1=O. The molecule has 0 unspecified atom stereocenters. The number of carbonyl (C=O) groups excluding carboxylic acids is 3. The number of hydrogen-bond acceptors (Lipinski definition) is 5. The number of amides is 1. The van der Waals surface area contributed by atoms with Gasteiger partial charge in [-0.2, -0.15) is 0 Å². The van der Waals surface area contributed by atoms with Crippen molar-refractivity contribution < 1.29 is 23.9 Å². The molecule has 6 heteroatoms. The maximum atomic E-state index is 11.5. The molecule has 1 amide bonds. The van der Waals surface area contributed by atoms with Crippen molar-refractivity contribution in [3.8, 4) is 0 Å². The van der Waals surface area contributed by atoms with E-state index < -0.39 is 17.7 Å². The van der Waals surface area contributed by atoms with E-state index in [0.717, 1.165) is 6.20 Å². The Hall–Kier alpha value is -1.85. The summed E-state index contributed by atoms with van der Waals surface area (Å²) in [6, 6.07) is 0. The lowest BCUT2D eigenvalue weighted by atomic mass is 10.1. The minimum Gasteiger partial charge on any atom is -0.419 e. The van der Waals surface area contributed by atoms with Crippen molar-refractivity contribution in [2.45, 2.75) is 39.9 Å². The van der Waals surface area contributed by atoms with Gasteiger partial charge in [0.15, 0.2) is 5.57 Å². The average Bonchev–Trinajstić information content (AvgIpc) is 2.12. The molecule has 1 heterocycles. The van der Waals surface area contributed by atoms with Crippen LogP contribution in [0.3, 0.4) is 0 Å². The molecule has 0 bridgehead atoms. The standard InChI is InChI=1S/C12H17NO5/c1-7(2)5-9(14)13-6-8-10(15)17-12(3,4)18-11(8)16/h6-7H,5H2,1-4H3,(H,13,14). The van der Waals surface area contributed by atoms with E-state index in [1.54, 1.807) is 0 Å². The summed E-state index contributed by atoms with van der Waals surface area (Å²) in [5, 5.41) is 2.37. The van der Waals surface area contributed by atoms with Crippen molar-refractivity contribution in [3.63, 3.8) is 0 Å². The Morgan fingerprint density at radius 1 is 1.28 bits per heavy atom. The Bertz CT molecular complexity index is 387. The second-order valence-electron chi connectivity index (χ2n) is 4.90. The summed E-state index contributed by atoms with van der Waals surface area (Å²) >= 11 is 0. The summed E-state index contributed by atoms with van der Waals surface area (Å²) < 4.78 is 9.74. The van der Waals surface area contributed by atoms with Crippen LogP contribution in [0.5, 0.6) is 0 Å². The number of carbonyl (C=O) groups is 3. The highest BCUT2D eigenvalue weighted by Crippen LogP contribution is 2.21. The Morgan fingerprint density at radius 3 is 2.22 bits per heavy atom. The fourth-order valence-corrected chi connectivity index (χ4v) is 1.36. The van der Waals surface area contributed by atoms with Crippen molar-refractivity contribution in [1.29, 1.82) is 0 Å². The number of nitrogens with one attached hydrogen (secondary N) is 1. The molecule has 0 atom stereocenters. The molecule has 100 valence electrons. The van der Waals surface area contributed by atoms with Crippen LogP contribution >= 0.6 is 0 Å². The van der Waals surface area contributed by atoms with E-state index in [9.17, 15) is 14.4 Å². The minimum atomic E-state index is -1.27. The highest BCUT2D eigenvalue weighted by Gasteiger charge is 2.39. The van der Waals surface area contributed by atoms with Crippen LogP contribution in [0.1, 0.15) is 34.1 Å². The van der Waals surface area contributed by atoms with Gasteiger partial charge in [0.1, 0.15) is 0 Å². The third-order valence-corrected chi connectivity index (χ3v) is 2.09. The summed E-state index contributed by atoms with van der Waals surface area (Å²) in [7, 11) is 0. The number of rotatable bonds is 3. The smallest absolute Gasteiger partial charge is 0.350 e. The maximum absolute atomic E-state index is 11.5. The second kappa shape index (κ2) is 5.20. The van der Waals surface area contributed by atoms with Crippen LogP contribution in [0.15, 0.2) is 11.8 Å². The zero-order valence-corrected chi connectivity index (χ0v) is 10.9. The molecular weight excluding hydrogens is 238 g/mol. The molecule has 1 fully saturated rings. The van der Waals surface area contributed by atoms with E-state index in [1.165, 1.54) is 13.8 Å². The van der Waals surface area contributed by atoms with Crippen molar-refractivity contribution in [1.82, 2.24) is 5.32 Å². The Morgan fingerprint density at radius 2 is 1.78 bits per heavy atom. The first kappa shape index (κ1) is 14.2. The normalized spacial score (nSPS) is 18.2. The number of esters is 2. The molecule has 1 aliphatic rings. The van der Waals surface area contributed by atoms with Gasteiger partial charge in [0.05, 0.1) is 0 Å². The lowest BCUT2D eigenvalue weighted by Gasteiger charge is -2.29. The molecule has 0 spiro atoms. The quantitative estimate of drug-likeness (QED) is 0.459. The van der Waals surface area contributed by atoms with Gasteiger partial charge in [-0.25, -0.2) is 9.59 Å². The zero-order chi connectivity index (χ0) is 13.9. The predicted octanol–water partition coefficient (Wildman–Crippen LogP) is 0.869. The van der Waals surface area contributed by atoms with E-state index in [0.29, 0.717) is 6.42 Å². The molecule has 1 rings (SSSR count). The van der Waals surface area contributed by atoms with Gasteiger partial charge < -0.3 is 14.8 Å². The van der Waals surface area contributed by atoms with Gasteiger partial charge in [0.25, 0.3) is 5.79 Å². The third kappa shape index (κ3) is 3.87. The molecule has 18 heavy (non-hydrogen) atoms. The van der Waals surface area contributed by atoms with Crippen LogP contribution in [0, 0.1) is 5.92 Å². The summed E-state index contributed by atoms with van der Waals surface area (Å²) in [5.41, 5.74) is -0.313. The van der Waals surface area contributed by atoms with Crippen LogP contribution in [0.4, 0.5) is 0 Å². The molecule has 0 aliphatic carbocycles. The van der Waals surface area contributed by atoms with Gasteiger partial charge >= 0.3 is 11.9 Å². The molecule has 0 aromatic rings. The van der Waals surface area contributed by atoms with Gasteiger partial charge in [-0.1, -0.05) is 13.8 Å². The van der Waals surface area contributed by atoms with E-state index in [-0.39, 0.29) is 17.4 Å². The largest absolute Gasteiger partial charge is 0.419 e. The highest BCUT2D eigenvalue weighted by atomic mass is 16.7. The van der Waals surface area contributed by atoms with Crippen molar-refractivity contribution >= 4 is 17.8 Å². The average molecular weight is 255 g/mol. The Balaban J connectivity index is 2.69. The van der Waals surface area contributed by atoms with Gasteiger partial charge in [-0.3, -0.25) is 4.79 Å². The van der Waals surface area contributed by atoms with Gasteiger partial charge in [-0.15, -0.1) is 0 Å². The summed E-state index contributed by atoms with van der Waals surface area (Å²) in [6.45, 7) is 6.69. The van der Waals surface area contributed by atoms with Crippen molar-refractivity contribution in [3.05, 3.63) is 11.8 Å². The Labute approximate surface area is 105 Å². The lowest BCUT2D eigenvalue weighted by Crippen LogP contribution is -2.42. The van der Waals surface area contributed by atoms with Crippen LogP contribution in [0.2, 0.25) is 0 Å². The monoisotopic (exact) mass is 255 g/mol. The van der Waals surface area contributed by atoms with E-state index in [2.05, 4.69) is 5.32 Å². The number of cyclic esters (lactones) is 2. The van der Waals surface area contributed by atoms with Crippen molar-refractivity contribution in [2.24, 2.45) is 5.92 Å². The molecular formula is C12H17NO5. The van der Waals surface area contributed by atoms with Gasteiger partial charge in [0, 0.05) is 26.5 Å². The molecule has 1 N–H and O–H groups in total. The summed E-state index contributed by atoms with van der Waals surface area (Å²) in [5.74, 6) is -2.97. The van der Waals surface area contributed by atoms with E-state index in [4.69, 9.17) is 9.47 Å². The number of hydrogen-bond donors (Lipinski definition) is 1. The molecule has 1 saturated heterocycles. The first-order chi connectivity index (χ1) is 8.21. The second-order valence-corrected chi connectivity index (χ2v) is 4.90. The fraction of sp³-hybridized carbons (Fsp3) is 0.583. The zero-order valence-electron chi connectivity index (χ0n) is 10.9. The van der Waals surface area contributed by atoms with E-state index >= 15 is 0 Å². The minimum absolute atomic E-state index is 0.188. The van der Waals surface area contributed by atoms with Crippen molar-refractivity contribution in [2.75, 3.05) is 0 Å². The summed E-state index contributed by atoms with van der Waals surface area (Å²) in [4.78, 5) is 34.4. The topological polar surface area (TPSA) is 81.7 Å². The van der Waals surface area contributed by atoms with Crippen LogP contribution in [-0.2, 0) is 23.9 Å². The van der Waals surface area contributed by atoms with Crippen LogP contribution in [-0.4, -0.2) is 23.6 Å². The van der Waals surface area contributed by atoms with Gasteiger partial charge in [0.2, 0.25) is 5.91 Å². The van der Waals surface area contributed by atoms with Crippen LogP contribution < -0.4 is 5.32 Å². The summed E-state index contributed by atoms with van der Waals surface area (Å²) in [6.07, 6.45) is 1.34.